The molecule has 0 radical (unpaired) electrons. The number of fused-ring (bicyclic) bond motifs is 2. The van der Waals surface area contributed by atoms with E-state index in [2.05, 4.69) is 0 Å². The van der Waals surface area contributed by atoms with Crippen molar-refractivity contribution in [1.29, 1.82) is 0 Å². The van der Waals surface area contributed by atoms with Crippen molar-refractivity contribution in [2.45, 2.75) is 36.8 Å². The van der Waals surface area contributed by atoms with E-state index < -0.39 is 105 Å². The third-order valence-corrected chi connectivity index (χ3v) is 9.20. The van der Waals surface area contributed by atoms with Gasteiger partial charge in [0.25, 0.3) is 0 Å². The van der Waals surface area contributed by atoms with Crippen LogP contribution in [0.25, 0.3) is 0 Å². The maximum Gasteiger partial charge on any atom is 0.338 e. The van der Waals surface area contributed by atoms with E-state index in [0.29, 0.717) is 0 Å². The second-order valence-corrected chi connectivity index (χ2v) is 12.6. The molecule has 0 aliphatic carbocycles. The quantitative estimate of drug-likeness (QED) is 0.0899. The fourth-order valence-corrected chi connectivity index (χ4v) is 6.73. The van der Waals surface area contributed by atoms with Crippen LogP contribution in [0.5, 0.6) is 74.7 Å². The SMILES string of the molecule is O=C(O[C@@H]1[C@H](c2c(O)cc(O)c3c2O[C@H](c2ccc(O)c(O)c2)[C@@H](O)C3)c2c(O)cc(O)cc2O[C@@H]1c1ccc(O)c(O)c1)c1cc(O)c(O)c(O)c1. The Labute approximate surface area is 297 Å². The largest absolute Gasteiger partial charge is 0.508 e. The van der Waals surface area contributed by atoms with Gasteiger partial charge in [0.1, 0.15) is 40.6 Å². The number of benzene rings is 5. The van der Waals surface area contributed by atoms with Gasteiger partial charge >= 0.3 is 5.97 Å². The highest BCUT2D eigenvalue weighted by atomic mass is 16.6. The minimum Gasteiger partial charge on any atom is -0.508 e. The average Bonchev–Trinajstić information content (AvgIpc) is 3.09. The van der Waals surface area contributed by atoms with Gasteiger partial charge < -0.3 is 75.5 Å². The van der Waals surface area contributed by atoms with Gasteiger partial charge in [-0.25, -0.2) is 4.79 Å². The molecule has 53 heavy (non-hydrogen) atoms. The summed E-state index contributed by atoms with van der Waals surface area (Å²) < 4.78 is 18.4. The van der Waals surface area contributed by atoms with E-state index in [4.69, 9.17) is 14.2 Å². The summed E-state index contributed by atoms with van der Waals surface area (Å²) in [7, 11) is 0. The van der Waals surface area contributed by atoms with E-state index in [1.165, 1.54) is 12.1 Å². The number of phenols is 11. The molecular formula is C37H30O16. The molecule has 16 heteroatoms. The molecule has 0 saturated carbocycles. The van der Waals surface area contributed by atoms with Crippen LogP contribution in [-0.4, -0.2) is 79.5 Å². The summed E-state index contributed by atoms with van der Waals surface area (Å²) in [5.41, 5.74) is -0.728. The Hall–Kier alpha value is -7.07. The van der Waals surface area contributed by atoms with Gasteiger partial charge in [0.2, 0.25) is 0 Å². The topological polar surface area (TPSA) is 288 Å². The Morgan fingerprint density at radius 3 is 1.77 bits per heavy atom. The van der Waals surface area contributed by atoms with Crippen LogP contribution < -0.4 is 9.47 Å². The Morgan fingerprint density at radius 2 is 1.17 bits per heavy atom. The molecule has 0 aromatic heterocycles. The molecule has 0 bridgehead atoms. The molecule has 0 spiro atoms. The van der Waals surface area contributed by atoms with Crippen LogP contribution in [0.1, 0.15) is 56.3 Å². The molecule has 5 aromatic carbocycles. The predicted octanol–water partition coefficient (Wildman–Crippen LogP) is 3.98. The number of carbonyl (C=O) groups is 1. The molecule has 0 saturated heterocycles. The summed E-state index contributed by atoms with van der Waals surface area (Å²) >= 11 is 0. The summed E-state index contributed by atoms with van der Waals surface area (Å²) in [5.74, 6) is -10.4. The Bertz CT molecular complexity index is 2280. The van der Waals surface area contributed by atoms with E-state index in [-0.39, 0.29) is 45.7 Å². The van der Waals surface area contributed by atoms with E-state index >= 15 is 0 Å². The Kier molecular flexibility index (Phi) is 8.18. The van der Waals surface area contributed by atoms with Crippen molar-refractivity contribution in [2.24, 2.45) is 0 Å². The molecule has 0 fully saturated rings. The molecular weight excluding hydrogens is 700 g/mol. The van der Waals surface area contributed by atoms with Gasteiger partial charge in [-0.15, -0.1) is 0 Å². The standard InChI is InChI=1S/C37H30O16/c38-16-9-23(44)29-28(10-16)51-34(14-2-4-19(40)22(43)6-14)36(53-37(50)15-7-25(46)32(49)26(47)8-15)31(29)30-24(45)12-20(41)17-11-27(48)33(52-35(17)30)13-1-3-18(39)21(42)5-13/h1-10,12,27,31,33-34,36,38-49H,11H2/t27-,31-,33+,34+,36+/m0/s1. The summed E-state index contributed by atoms with van der Waals surface area (Å²) in [6.45, 7) is 0. The van der Waals surface area contributed by atoms with E-state index in [0.717, 1.165) is 54.6 Å². The van der Waals surface area contributed by atoms with Crippen LogP contribution in [0.3, 0.4) is 0 Å². The second kappa shape index (κ2) is 12.6. The van der Waals surface area contributed by atoms with Gasteiger partial charge in [0.05, 0.1) is 17.6 Å². The number of rotatable bonds is 5. The lowest BCUT2D eigenvalue weighted by Crippen LogP contribution is -2.39. The van der Waals surface area contributed by atoms with E-state index in [1.54, 1.807) is 0 Å². The normalized spacial score (nSPS) is 20.4. The first-order valence-electron chi connectivity index (χ1n) is 15.8. The number of carbonyl (C=O) groups excluding carboxylic acids is 1. The smallest absolute Gasteiger partial charge is 0.338 e. The minimum atomic E-state index is -1.72. The van der Waals surface area contributed by atoms with Crippen LogP contribution in [-0.2, 0) is 11.2 Å². The van der Waals surface area contributed by atoms with Crippen molar-refractivity contribution in [3.8, 4) is 74.7 Å². The molecule has 274 valence electrons. The van der Waals surface area contributed by atoms with Crippen molar-refractivity contribution in [3.63, 3.8) is 0 Å². The maximum atomic E-state index is 13.8. The highest BCUT2D eigenvalue weighted by Gasteiger charge is 2.49. The fourth-order valence-electron chi connectivity index (χ4n) is 6.73. The first-order chi connectivity index (χ1) is 25.1. The van der Waals surface area contributed by atoms with Crippen molar-refractivity contribution in [1.82, 2.24) is 0 Å². The molecule has 2 aliphatic heterocycles. The molecule has 0 amide bonds. The van der Waals surface area contributed by atoms with Crippen LogP contribution in [0.4, 0.5) is 0 Å². The summed E-state index contributed by atoms with van der Waals surface area (Å²) in [6.07, 6.45) is -6.19. The van der Waals surface area contributed by atoms with Gasteiger partial charge in [-0.3, -0.25) is 0 Å². The first-order valence-corrected chi connectivity index (χ1v) is 15.8. The van der Waals surface area contributed by atoms with Crippen LogP contribution in [0.15, 0.2) is 66.7 Å². The minimum absolute atomic E-state index is 0.0341. The maximum absolute atomic E-state index is 13.8. The van der Waals surface area contributed by atoms with Gasteiger partial charge in [0, 0.05) is 46.9 Å². The third-order valence-electron chi connectivity index (χ3n) is 9.20. The number of aliphatic hydroxyl groups is 1. The number of hydrogen-bond donors (Lipinski definition) is 12. The number of hydrogen-bond acceptors (Lipinski definition) is 16. The molecule has 12 N–H and O–H groups in total. The van der Waals surface area contributed by atoms with E-state index in [9.17, 15) is 66.1 Å². The van der Waals surface area contributed by atoms with Crippen LogP contribution in [0, 0.1) is 0 Å². The number of aromatic hydroxyl groups is 11. The second-order valence-electron chi connectivity index (χ2n) is 12.6. The zero-order valence-electron chi connectivity index (χ0n) is 26.9. The predicted molar refractivity (Wildman–Crippen MR) is 178 cm³/mol. The van der Waals surface area contributed by atoms with Crippen LogP contribution >= 0.6 is 0 Å². The highest BCUT2D eigenvalue weighted by Crippen LogP contribution is 2.58. The Morgan fingerprint density at radius 1 is 0.585 bits per heavy atom. The van der Waals surface area contributed by atoms with Gasteiger partial charge in [-0.1, -0.05) is 12.1 Å². The molecule has 7 rings (SSSR count). The summed E-state index contributed by atoms with van der Waals surface area (Å²) in [4.78, 5) is 13.8. The lowest BCUT2D eigenvalue weighted by molar-refractivity contribution is -0.0285. The molecule has 2 aliphatic rings. The van der Waals surface area contributed by atoms with Crippen molar-refractivity contribution in [3.05, 3.63) is 100 Å². The van der Waals surface area contributed by atoms with Gasteiger partial charge in [0.15, 0.2) is 52.5 Å². The number of aliphatic hydroxyl groups excluding tert-OH is 1. The fraction of sp³-hybridized carbons (Fsp3) is 0.162. The summed E-state index contributed by atoms with van der Waals surface area (Å²) in [6, 6.07) is 11.7. The van der Waals surface area contributed by atoms with Gasteiger partial charge in [-0.2, -0.15) is 0 Å². The van der Waals surface area contributed by atoms with Crippen molar-refractivity contribution in [2.75, 3.05) is 0 Å². The highest BCUT2D eigenvalue weighted by molar-refractivity contribution is 5.91. The summed E-state index contributed by atoms with van der Waals surface area (Å²) in [5, 5.41) is 126. The van der Waals surface area contributed by atoms with E-state index in [1.807, 2.05) is 0 Å². The number of esters is 1. The Balaban J connectivity index is 1.48. The monoisotopic (exact) mass is 730 g/mol. The molecule has 16 nitrogen and oxygen atoms in total. The molecule has 0 unspecified atom stereocenters. The first kappa shape index (κ1) is 34.4. The molecule has 5 aromatic rings. The lowest BCUT2D eigenvalue weighted by atomic mass is 9.77. The van der Waals surface area contributed by atoms with Gasteiger partial charge in [-0.05, 0) is 42.0 Å². The number of phenolic OH excluding ortho intramolecular Hbond substituents is 11. The van der Waals surface area contributed by atoms with Crippen molar-refractivity contribution >= 4 is 5.97 Å². The third kappa shape index (κ3) is 5.85. The zero-order chi connectivity index (χ0) is 38.0. The molecule has 5 atom stereocenters. The number of ether oxygens (including phenoxy) is 3. The van der Waals surface area contributed by atoms with Crippen molar-refractivity contribution < 1.29 is 80.3 Å². The molecule has 2 heterocycles. The zero-order valence-corrected chi connectivity index (χ0v) is 26.9. The lowest BCUT2D eigenvalue weighted by Gasteiger charge is -2.41. The van der Waals surface area contributed by atoms with Crippen LogP contribution in [0.2, 0.25) is 0 Å². The average molecular weight is 731 g/mol.